The Morgan fingerprint density at radius 3 is 2.62 bits per heavy atom. The zero-order valence-corrected chi connectivity index (χ0v) is 17.0. The van der Waals surface area contributed by atoms with Gasteiger partial charge in [-0.3, -0.25) is 4.79 Å². The molecule has 0 aromatic heterocycles. The topological polar surface area (TPSA) is 86.3 Å². The summed E-state index contributed by atoms with van der Waals surface area (Å²) in [5.74, 6) is 0.915. The molecule has 1 unspecified atom stereocenters. The molecular formula is C12H22NNaO4S3. The number of carbonyl (C=O) groups excluding carboxylic acids is 1. The molecule has 0 saturated carbocycles. The Hall–Kier alpha value is 1.08. The number of rotatable bonds is 10. The van der Waals surface area contributed by atoms with E-state index in [1.807, 2.05) is 21.6 Å². The van der Waals surface area contributed by atoms with Crippen molar-refractivity contribution in [3.05, 3.63) is 0 Å². The average Bonchev–Trinajstić information content (AvgIpc) is 2.86. The molecule has 0 aliphatic carbocycles. The van der Waals surface area contributed by atoms with E-state index in [1.165, 1.54) is 18.6 Å². The van der Waals surface area contributed by atoms with E-state index in [4.69, 9.17) is 0 Å². The number of unbranched alkanes of at least 4 members (excludes halogenated alkanes) is 2. The van der Waals surface area contributed by atoms with Gasteiger partial charge in [0.25, 0.3) is 0 Å². The van der Waals surface area contributed by atoms with Crippen molar-refractivity contribution in [3.63, 3.8) is 0 Å². The Kier molecular flexibility index (Phi) is 13.1. The second-order valence-corrected chi connectivity index (χ2v) is 9.20. The predicted molar refractivity (Wildman–Crippen MR) is 83.7 cm³/mol. The Labute approximate surface area is 157 Å². The van der Waals surface area contributed by atoms with Crippen molar-refractivity contribution in [1.29, 1.82) is 0 Å². The van der Waals surface area contributed by atoms with Crippen LogP contribution < -0.4 is 34.9 Å². The fourth-order valence-corrected chi connectivity index (χ4v) is 5.53. The van der Waals surface area contributed by atoms with Gasteiger partial charge in [-0.15, -0.1) is 0 Å². The van der Waals surface area contributed by atoms with Crippen LogP contribution in [-0.4, -0.2) is 42.2 Å². The standard InChI is InChI=1S/C12H23NO4S3.Na/c14-12(13-8-3-4-10-20(15,16)17)6-2-1-5-11-7-9-18-19-11;/h11H,1-10H2,(H,13,14)(H,15,16,17);/q;+1/p-1. The molecule has 1 saturated heterocycles. The van der Waals surface area contributed by atoms with E-state index in [0.717, 1.165) is 18.1 Å². The molecule has 0 spiro atoms. The summed E-state index contributed by atoms with van der Waals surface area (Å²) in [6, 6.07) is 0. The fraction of sp³-hybridized carbons (Fsp3) is 0.917. The summed E-state index contributed by atoms with van der Waals surface area (Å²) < 4.78 is 31.1. The first-order valence-corrected chi connectivity index (χ1v) is 10.9. The Morgan fingerprint density at radius 1 is 1.24 bits per heavy atom. The van der Waals surface area contributed by atoms with Crippen molar-refractivity contribution in [3.8, 4) is 0 Å². The summed E-state index contributed by atoms with van der Waals surface area (Å²) in [4.78, 5) is 11.5. The number of hydrogen-bond donors (Lipinski definition) is 1. The third-order valence-corrected chi connectivity index (χ3v) is 6.85. The maximum Gasteiger partial charge on any atom is 1.00 e. The molecule has 1 fully saturated rings. The predicted octanol–water partition coefficient (Wildman–Crippen LogP) is -0.854. The van der Waals surface area contributed by atoms with Gasteiger partial charge >= 0.3 is 29.6 Å². The van der Waals surface area contributed by atoms with Crippen LogP contribution in [0.4, 0.5) is 0 Å². The minimum atomic E-state index is -4.12. The molecule has 1 amide bonds. The quantitative estimate of drug-likeness (QED) is 0.235. The van der Waals surface area contributed by atoms with E-state index in [9.17, 15) is 17.8 Å². The summed E-state index contributed by atoms with van der Waals surface area (Å²) in [7, 11) is -0.217. The second kappa shape index (κ2) is 12.5. The monoisotopic (exact) mass is 363 g/mol. The van der Waals surface area contributed by atoms with E-state index in [0.29, 0.717) is 25.8 Å². The van der Waals surface area contributed by atoms with Crippen LogP contribution >= 0.6 is 21.6 Å². The fourth-order valence-electron chi connectivity index (χ4n) is 1.94. The van der Waals surface area contributed by atoms with E-state index in [1.54, 1.807) is 0 Å². The van der Waals surface area contributed by atoms with Crippen LogP contribution in [-0.2, 0) is 14.9 Å². The molecule has 21 heavy (non-hydrogen) atoms. The van der Waals surface area contributed by atoms with Crippen molar-refractivity contribution in [2.24, 2.45) is 0 Å². The summed E-state index contributed by atoms with van der Waals surface area (Å²) in [6.45, 7) is 0.448. The smallest absolute Gasteiger partial charge is 0.748 e. The molecule has 1 heterocycles. The molecule has 1 aliphatic rings. The van der Waals surface area contributed by atoms with Gasteiger partial charge in [-0.05, 0) is 32.1 Å². The number of hydrogen-bond acceptors (Lipinski definition) is 6. The van der Waals surface area contributed by atoms with Gasteiger partial charge < -0.3 is 9.87 Å². The van der Waals surface area contributed by atoms with E-state index >= 15 is 0 Å². The normalized spacial score (nSPS) is 18.2. The largest absolute Gasteiger partial charge is 1.00 e. The van der Waals surface area contributed by atoms with E-state index in [-0.39, 0.29) is 41.2 Å². The Bertz CT molecular complexity index is 386. The van der Waals surface area contributed by atoms with E-state index < -0.39 is 10.1 Å². The molecule has 0 aromatic carbocycles. The average molecular weight is 364 g/mol. The van der Waals surface area contributed by atoms with Gasteiger partial charge in [-0.25, -0.2) is 8.42 Å². The van der Waals surface area contributed by atoms with Crippen LogP contribution in [0.25, 0.3) is 0 Å². The summed E-state index contributed by atoms with van der Waals surface area (Å²) in [6.07, 6.45) is 5.83. The third kappa shape index (κ3) is 13.2. The molecule has 0 bridgehead atoms. The van der Waals surface area contributed by atoms with Gasteiger partial charge in [0.1, 0.15) is 0 Å². The zero-order chi connectivity index (χ0) is 14.8. The van der Waals surface area contributed by atoms with Gasteiger partial charge in [0.15, 0.2) is 0 Å². The molecule has 5 nitrogen and oxygen atoms in total. The van der Waals surface area contributed by atoms with Crippen LogP contribution in [0.2, 0.25) is 0 Å². The first-order chi connectivity index (χ1) is 9.47. The number of amides is 1. The number of nitrogens with one attached hydrogen (secondary N) is 1. The zero-order valence-electron chi connectivity index (χ0n) is 12.5. The maximum absolute atomic E-state index is 11.5. The van der Waals surface area contributed by atoms with Gasteiger partial charge in [0.2, 0.25) is 5.91 Å². The molecule has 118 valence electrons. The van der Waals surface area contributed by atoms with Crippen molar-refractivity contribution in [2.45, 2.75) is 50.2 Å². The van der Waals surface area contributed by atoms with Crippen molar-refractivity contribution >= 4 is 37.6 Å². The minimum absolute atomic E-state index is 0. The maximum atomic E-state index is 11.5. The first kappa shape index (κ1) is 22.1. The van der Waals surface area contributed by atoms with Crippen LogP contribution in [0.15, 0.2) is 0 Å². The van der Waals surface area contributed by atoms with Crippen molar-refractivity contribution in [1.82, 2.24) is 5.32 Å². The first-order valence-electron chi connectivity index (χ1n) is 6.96. The molecule has 1 rings (SSSR count). The van der Waals surface area contributed by atoms with E-state index in [2.05, 4.69) is 5.32 Å². The second-order valence-electron chi connectivity index (χ2n) is 4.89. The van der Waals surface area contributed by atoms with Crippen LogP contribution in [0.5, 0.6) is 0 Å². The van der Waals surface area contributed by atoms with Crippen molar-refractivity contribution in [2.75, 3.05) is 18.1 Å². The molecule has 0 radical (unpaired) electrons. The Balaban J connectivity index is 0.00000400. The van der Waals surface area contributed by atoms with Crippen molar-refractivity contribution < 1.29 is 47.3 Å². The summed E-state index contributed by atoms with van der Waals surface area (Å²) in [5.41, 5.74) is 0. The molecule has 0 aromatic rings. The van der Waals surface area contributed by atoms with Gasteiger partial charge in [-0.2, -0.15) is 0 Å². The van der Waals surface area contributed by atoms with Gasteiger partial charge in [0.05, 0.1) is 10.1 Å². The molecule has 1 aliphatic heterocycles. The van der Waals surface area contributed by atoms with Crippen LogP contribution in [0, 0.1) is 0 Å². The van der Waals surface area contributed by atoms with Gasteiger partial charge in [0, 0.05) is 29.7 Å². The summed E-state index contributed by atoms with van der Waals surface area (Å²) in [5, 5.41) is 3.51. The summed E-state index contributed by atoms with van der Waals surface area (Å²) >= 11 is 0. The Morgan fingerprint density at radius 2 is 2.00 bits per heavy atom. The molecule has 1 N–H and O–H groups in total. The van der Waals surface area contributed by atoms with Gasteiger partial charge in [-0.1, -0.05) is 28.0 Å². The SMILES string of the molecule is O=C(CCCCC1CCSS1)NCCCCS(=O)(=O)[O-].[Na+]. The van der Waals surface area contributed by atoms with Crippen LogP contribution in [0.1, 0.15) is 44.9 Å². The third-order valence-electron chi connectivity index (χ3n) is 3.05. The number of carbonyl (C=O) groups is 1. The molecule has 1 atom stereocenters. The molecular weight excluding hydrogens is 341 g/mol. The molecule has 9 heteroatoms. The minimum Gasteiger partial charge on any atom is -0.748 e. The van der Waals surface area contributed by atoms with Crippen LogP contribution in [0.3, 0.4) is 0 Å².